The first-order chi connectivity index (χ1) is 12.7. The molecular weight excluding hydrogens is 326 g/mol. The van der Waals surface area contributed by atoms with Crippen LogP contribution in [-0.2, 0) is 16.1 Å². The molecule has 0 aromatic heterocycles. The Morgan fingerprint density at radius 3 is 2.65 bits per heavy atom. The molecule has 2 fully saturated rings. The van der Waals surface area contributed by atoms with Gasteiger partial charge in [0.1, 0.15) is 0 Å². The molecule has 1 aromatic rings. The SMILES string of the molecule is CCN1Cc2ccccc2NC2(CCN(C3CCOCC3)CC2)CC1=O. The van der Waals surface area contributed by atoms with Crippen LogP contribution in [0.1, 0.15) is 44.6 Å². The van der Waals surface area contributed by atoms with Crippen LogP contribution in [0.3, 0.4) is 0 Å². The monoisotopic (exact) mass is 357 g/mol. The molecule has 142 valence electrons. The number of likely N-dealkylation sites (tertiary alicyclic amines) is 1. The molecule has 1 spiro atoms. The van der Waals surface area contributed by atoms with E-state index in [1.165, 1.54) is 11.3 Å². The second kappa shape index (κ2) is 7.57. The van der Waals surface area contributed by atoms with Crippen LogP contribution in [0.25, 0.3) is 0 Å². The zero-order valence-electron chi connectivity index (χ0n) is 15.9. The van der Waals surface area contributed by atoms with Crippen molar-refractivity contribution < 1.29 is 9.53 Å². The molecule has 2 saturated heterocycles. The molecule has 26 heavy (non-hydrogen) atoms. The third-order valence-corrected chi connectivity index (χ3v) is 6.46. The maximum Gasteiger partial charge on any atom is 0.225 e. The van der Waals surface area contributed by atoms with E-state index in [0.717, 1.165) is 58.5 Å². The minimum Gasteiger partial charge on any atom is -0.381 e. The fourth-order valence-electron chi connectivity index (χ4n) is 4.76. The normalized spacial score (nSPS) is 24.7. The lowest BCUT2D eigenvalue weighted by Gasteiger charge is -2.47. The predicted molar refractivity (Wildman–Crippen MR) is 103 cm³/mol. The van der Waals surface area contributed by atoms with Crippen molar-refractivity contribution in [2.24, 2.45) is 0 Å². The zero-order chi connectivity index (χ0) is 18.0. The fourth-order valence-corrected chi connectivity index (χ4v) is 4.76. The molecule has 0 atom stereocenters. The molecule has 0 aliphatic carbocycles. The molecule has 0 unspecified atom stereocenters. The molecule has 4 rings (SSSR count). The van der Waals surface area contributed by atoms with Gasteiger partial charge in [0.25, 0.3) is 0 Å². The van der Waals surface area contributed by atoms with Gasteiger partial charge in [0.05, 0.1) is 0 Å². The summed E-state index contributed by atoms with van der Waals surface area (Å²) < 4.78 is 5.52. The zero-order valence-corrected chi connectivity index (χ0v) is 15.9. The Labute approximate surface area is 156 Å². The van der Waals surface area contributed by atoms with E-state index in [1.54, 1.807) is 0 Å². The molecule has 0 radical (unpaired) electrons. The average molecular weight is 357 g/mol. The highest BCUT2D eigenvalue weighted by atomic mass is 16.5. The second-order valence-electron chi connectivity index (χ2n) is 8.03. The lowest BCUT2D eigenvalue weighted by Crippen LogP contribution is -2.55. The van der Waals surface area contributed by atoms with E-state index in [4.69, 9.17) is 4.74 Å². The lowest BCUT2D eigenvalue weighted by atomic mass is 9.81. The molecule has 0 bridgehead atoms. The van der Waals surface area contributed by atoms with Crippen LogP contribution in [0.15, 0.2) is 24.3 Å². The van der Waals surface area contributed by atoms with Gasteiger partial charge in [-0.3, -0.25) is 4.79 Å². The number of para-hydroxylation sites is 1. The summed E-state index contributed by atoms with van der Waals surface area (Å²) in [4.78, 5) is 17.6. The maximum absolute atomic E-state index is 12.9. The van der Waals surface area contributed by atoms with Gasteiger partial charge in [-0.2, -0.15) is 0 Å². The number of nitrogens with zero attached hydrogens (tertiary/aromatic N) is 2. The van der Waals surface area contributed by atoms with Crippen molar-refractivity contribution in [1.29, 1.82) is 0 Å². The van der Waals surface area contributed by atoms with E-state index >= 15 is 0 Å². The summed E-state index contributed by atoms with van der Waals surface area (Å²) in [6.45, 7) is 7.48. The smallest absolute Gasteiger partial charge is 0.225 e. The summed E-state index contributed by atoms with van der Waals surface area (Å²) in [7, 11) is 0. The summed E-state index contributed by atoms with van der Waals surface area (Å²) in [5, 5.41) is 3.81. The number of piperidine rings is 1. The average Bonchev–Trinajstić information content (AvgIpc) is 2.67. The number of hydrogen-bond donors (Lipinski definition) is 1. The molecular formula is C21H31N3O2. The van der Waals surface area contributed by atoms with E-state index in [0.29, 0.717) is 19.0 Å². The van der Waals surface area contributed by atoms with Crippen LogP contribution in [0.5, 0.6) is 0 Å². The van der Waals surface area contributed by atoms with Crippen LogP contribution in [-0.4, -0.2) is 60.1 Å². The van der Waals surface area contributed by atoms with Gasteiger partial charge in [-0.05, 0) is 44.2 Å². The van der Waals surface area contributed by atoms with Gasteiger partial charge in [-0.1, -0.05) is 18.2 Å². The highest BCUT2D eigenvalue weighted by Crippen LogP contribution is 2.35. The lowest BCUT2D eigenvalue weighted by molar-refractivity contribution is -0.133. The van der Waals surface area contributed by atoms with Crippen molar-refractivity contribution in [3.8, 4) is 0 Å². The second-order valence-corrected chi connectivity index (χ2v) is 8.03. The molecule has 3 heterocycles. The Morgan fingerprint density at radius 1 is 1.19 bits per heavy atom. The first kappa shape index (κ1) is 17.8. The number of carbonyl (C=O) groups excluding carboxylic acids is 1. The van der Waals surface area contributed by atoms with Crippen LogP contribution in [0.4, 0.5) is 5.69 Å². The van der Waals surface area contributed by atoms with E-state index in [1.807, 2.05) is 4.90 Å². The standard InChI is InChI=1S/C21H31N3O2/c1-2-23-16-17-5-3-4-6-19(17)22-21(15-20(23)25)9-11-24(12-10-21)18-7-13-26-14-8-18/h3-6,18,22H,2,7-16H2,1H3. The Hall–Kier alpha value is -1.59. The number of nitrogens with one attached hydrogen (secondary N) is 1. The van der Waals surface area contributed by atoms with E-state index < -0.39 is 0 Å². The van der Waals surface area contributed by atoms with Crippen LogP contribution >= 0.6 is 0 Å². The Bertz CT molecular complexity index is 634. The number of amides is 1. The van der Waals surface area contributed by atoms with Crippen molar-refractivity contribution in [1.82, 2.24) is 9.80 Å². The first-order valence-electron chi connectivity index (χ1n) is 10.1. The molecule has 1 amide bonds. The number of rotatable bonds is 2. The molecule has 1 N–H and O–H groups in total. The third-order valence-electron chi connectivity index (χ3n) is 6.46. The highest BCUT2D eigenvalue weighted by Gasteiger charge is 2.40. The number of carbonyl (C=O) groups is 1. The molecule has 3 aliphatic rings. The van der Waals surface area contributed by atoms with Crippen molar-refractivity contribution in [3.63, 3.8) is 0 Å². The van der Waals surface area contributed by atoms with Gasteiger partial charge in [-0.15, -0.1) is 0 Å². The maximum atomic E-state index is 12.9. The van der Waals surface area contributed by atoms with Crippen molar-refractivity contribution in [2.45, 2.75) is 57.2 Å². The Balaban J connectivity index is 1.53. The molecule has 5 heteroatoms. The van der Waals surface area contributed by atoms with Gasteiger partial charge >= 0.3 is 0 Å². The summed E-state index contributed by atoms with van der Waals surface area (Å²) in [5.74, 6) is 0.286. The topological polar surface area (TPSA) is 44.8 Å². The van der Waals surface area contributed by atoms with Gasteiger partial charge in [0.2, 0.25) is 5.91 Å². The highest BCUT2D eigenvalue weighted by molar-refractivity contribution is 5.79. The van der Waals surface area contributed by atoms with Crippen molar-refractivity contribution in [3.05, 3.63) is 29.8 Å². The van der Waals surface area contributed by atoms with Gasteiger partial charge < -0.3 is 19.9 Å². The minimum atomic E-state index is -0.108. The summed E-state index contributed by atoms with van der Waals surface area (Å²) in [5.41, 5.74) is 2.33. The Kier molecular flexibility index (Phi) is 5.18. The van der Waals surface area contributed by atoms with E-state index in [9.17, 15) is 4.79 Å². The number of ether oxygens (including phenoxy) is 1. The van der Waals surface area contributed by atoms with Crippen LogP contribution < -0.4 is 5.32 Å². The molecule has 3 aliphatic heterocycles. The molecule has 5 nitrogen and oxygen atoms in total. The number of anilines is 1. The number of hydrogen-bond acceptors (Lipinski definition) is 4. The molecule has 0 saturated carbocycles. The molecule has 1 aromatic carbocycles. The van der Waals surface area contributed by atoms with E-state index in [-0.39, 0.29) is 11.4 Å². The number of fused-ring (bicyclic) bond motifs is 1. The van der Waals surface area contributed by atoms with Gasteiger partial charge in [-0.25, -0.2) is 0 Å². The summed E-state index contributed by atoms with van der Waals surface area (Å²) in [6, 6.07) is 9.14. The van der Waals surface area contributed by atoms with E-state index in [2.05, 4.69) is 41.4 Å². The van der Waals surface area contributed by atoms with Gasteiger partial charge in [0, 0.05) is 63.1 Å². The fraction of sp³-hybridized carbons (Fsp3) is 0.667. The quantitative estimate of drug-likeness (QED) is 0.884. The predicted octanol–water partition coefficient (Wildman–Crippen LogP) is 2.86. The van der Waals surface area contributed by atoms with Crippen molar-refractivity contribution >= 4 is 11.6 Å². The van der Waals surface area contributed by atoms with Gasteiger partial charge in [0.15, 0.2) is 0 Å². The third kappa shape index (κ3) is 3.60. The largest absolute Gasteiger partial charge is 0.381 e. The minimum absolute atomic E-state index is 0.108. The first-order valence-corrected chi connectivity index (χ1v) is 10.1. The number of benzene rings is 1. The summed E-state index contributed by atoms with van der Waals surface area (Å²) in [6.07, 6.45) is 4.96. The van der Waals surface area contributed by atoms with Crippen LogP contribution in [0.2, 0.25) is 0 Å². The van der Waals surface area contributed by atoms with Crippen LogP contribution in [0, 0.1) is 0 Å². The Morgan fingerprint density at radius 2 is 1.92 bits per heavy atom. The van der Waals surface area contributed by atoms with Crippen molar-refractivity contribution in [2.75, 3.05) is 38.2 Å². The summed E-state index contributed by atoms with van der Waals surface area (Å²) >= 11 is 0.